The van der Waals surface area contributed by atoms with E-state index in [2.05, 4.69) is 39.7 Å². The first-order valence-electron chi connectivity index (χ1n) is 6.14. The normalized spacial score (nSPS) is 11.1. The van der Waals surface area contributed by atoms with Crippen molar-refractivity contribution in [1.82, 2.24) is 9.97 Å². The number of H-pyrrole nitrogens is 1. The Labute approximate surface area is 141 Å². The Balaban J connectivity index is 2.17. The molecule has 1 heterocycles. The number of nitrogens with zero attached hydrogens (tertiary/aromatic N) is 1. The van der Waals surface area contributed by atoms with Crippen molar-refractivity contribution in [3.8, 4) is 0 Å². The van der Waals surface area contributed by atoms with E-state index >= 15 is 0 Å². The largest absolute Gasteiger partial charge is 0.345 e. The molecular formula is C14H14BrClN2S2. The fraction of sp³-hybridized carbons (Fsp3) is 0.286. The second-order valence-electron chi connectivity index (χ2n) is 4.61. The molecule has 0 radical (unpaired) electrons. The van der Waals surface area contributed by atoms with Gasteiger partial charge in [-0.25, -0.2) is 4.98 Å². The molecule has 1 N–H and O–H groups in total. The Morgan fingerprint density at radius 3 is 2.60 bits per heavy atom. The molecule has 0 aliphatic rings. The molecule has 0 amide bonds. The molecule has 2 aromatic rings. The van der Waals surface area contributed by atoms with Crippen LogP contribution in [-0.2, 0) is 5.75 Å². The molecule has 0 atom stereocenters. The summed E-state index contributed by atoms with van der Waals surface area (Å²) in [6.07, 6.45) is 0. The highest BCUT2D eigenvalue weighted by molar-refractivity contribution is 9.10. The summed E-state index contributed by atoms with van der Waals surface area (Å²) in [5.74, 6) is 2.01. The number of rotatable bonds is 4. The van der Waals surface area contributed by atoms with Crippen LogP contribution in [0.15, 0.2) is 33.6 Å². The van der Waals surface area contributed by atoms with E-state index in [1.807, 2.05) is 24.3 Å². The van der Waals surface area contributed by atoms with Crippen molar-refractivity contribution in [3.63, 3.8) is 0 Å². The molecule has 0 fully saturated rings. The summed E-state index contributed by atoms with van der Waals surface area (Å²) in [5, 5.41) is 0.748. The van der Waals surface area contributed by atoms with Crippen molar-refractivity contribution in [2.75, 3.05) is 0 Å². The zero-order valence-electron chi connectivity index (χ0n) is 11.1. The first kappa shape index (κ1) is 16.0. The zero-order valence-corrected chi connectivity index (χ0v) is 15.1. The molecule has 0 aliphatic carbocycles. The van der Waals surface area contributed by atoms with Gasteiger partial charge in [-0.3, -0.25) is 0 Å². The van der Waals surface area contributed by atoms with E-state index in [1.165, 1.54) is 0 Å². The highest BCUT2D eigenvalue weighted by Gasteiger charge is 2.10. The molecule has 0 saturated heterocycles. The minimum Gasteiger partial charge on any atom is -0.345 e. The fourth-order valence-corrected chi connectivity index (χ4v) is 3.43. The third-order valence-corrected chi connectivity index (χ3v) is 5.34. The van der Waals surface area contributed by atoms with Crippen molar-refractivity contribution in [2.24, 2.45) is 0 Å². The molecule has 0 spiro atoms. The van der Waals surface area contributed by atoms with Gasteiger partial charge in [0.25, 0.3) is 0 Å². The predicted molar refractivity (Wildman–Crippen MR) is 92.2 cm³/mol. The summed E-state index contributed by atoms with van der Waals surface area (Å²) in [6, 6.07) is 7.79. The summed E-state index contributed by atoms with van der Waals surface area (Å²) < 4.78 is 1.50. The maximum absolute atomic E-state index is 5.88. The standard InChI is InChI=1S/C14H14BrClN2S2/c1-8(2)13-12(15)14(19)18-11(17-13)7-20-10-5-3-9(16)4-6-10/h3-6,8H,7H2,1-2H3,(H,17,18,19). The van der Waals surface area contributed by atoms with E-state index in [9.17, 15) is 0 Å². The number of aromatic nitrogens is 2. The lowest BCUT2D eigenvalue weighted by atomic mass is 10.1. The van der Waals surface area contributed by atoms with E-state index < -0.39 is 0 Å². The van der Waals surface area contributed by atoms with Crippen LogP contribution in [0.4, 0.5) is 0 Å². The third-order valence-electron chi connectivity index (χ3n) is 2.71. The van der Waals surface area contributed by atoms with Gasteiger partial charge in [0.2, 0.25) is 0 Å². The Bertz CT molecular complexity index is 653. The van der Waals surface area contributed by atoms with Gasteiger partial charge < -0.3 is 4.98 Å². The summed E-state index contributed by atoms with van der Waals surface area (Å²) in [7, 11) is 0. The van der Waals surface area contributed by atoms with Crippen molar-refractivity contribution in [1.29, 1.82) is 0 Å². The van der Waals surface area contributed by atoms with Gasteiger partial charge in [0.15, 0.2) is 0 Å². The van der Waals surface area contributed by atoms with Crippen LogP contribution in [0, 0.1) is 4.64 Å². The van der Waals surface area contributed by atoms with E-state index in [0.717, 1.165) is 31.7 Å². The van der Waals surface area contributed by atoms with Crippen molar-refractivity contribution in [2.45, 2.75) is 30.4 Å². The molecule has 0 saturated carbocycles. The lowest BCUT2D eigenvalue weighted by Gasteiger charge is -2.11. The van der Waals surface area contributed by atoms with Gasteiger partial charge in [-0.15, -0.1) is 11.8 Å². The first-order valence-corrected chi connectivity index (χ1v) is 8.71. The zero-order chi connectivity index (χ0) is 14.7. The molecule has 2 rings (SSSR count). The van der Waals surface area contributed by atoms with E-state index in [1.54, 1.807) is 11.8 Å². The van der Waals surface area contributed by atoms with Crippen LogP contribution in [0.1, 0.15) is 31.3 Å². The van der Waals surface area contributed by atoms with Gasteiger partial charge in [-0.05, 0) is 46.1 Å². The number of thioether (sulfide) groups is 1. The molecule has 20 heavy (non-hydrogen) atoms. The van der Waals surface area contributed by atoms with Crippen LogP contribution in [0.5, 0.6) is 0 Å². The Morgan fingerprint density at radius 2 is 2.00 bits per heavy atom. The number of hydrogen-bond acceptors (Lipinski definition) is 3. The molecule has 106 valence electrons. The Kier molecular flexibility index (Phi) is 5.66. The van der Waals surface area contributed by atoms with Crippen LogP contribution in [0.2, 0.25) is 5.02 Å². The molecule has 0 unspecified atom stereocenters. The number of halogens is 2. The topological polar surface area (TPSA) is 28.7 Å². The number of hydrogen-bond donors (Lipinski definition) is 1. The maximum Gasteiger partial charge on any atom is 0.144 e. The summed E-state index contributed by atoms with van der Waals surface area (Å²) in [5.41, 5.74) is 1.09. The van der Waals surface area contributed by atoms with Gasteiger partial charge in [-0.2, -0.15) is 0 Å². The number of nitrogens with one attached hydrogen (secondary N) is 1. The molecule has 0 aliphatic heterocycles. The van der Waals surface area contributed by atoms with Crippen molar-refractivity contribution >= 4 is 51.5 Å². The average molecular weight is 390 g/mol. The van der Waals surface area contributed by atoms with Gasteiger partial charge in [0, 0.05) is 15.6 Å². The van der Waals surface area contributed by atoms with Gasteiger partial charge in [0.05, 0.1) is 10.2 Å². The quantitative estimate of drug-likeness (QED) is 0.516. The summed E-state index contributed by atoms with van der Waals surface area (Å²) in [6.45, 7) is 4.25. The second kappa shape index (κ2) is 7.07. The highest BCUT2D eigenvalue weighted by Crippen LogP contribution is 2.26. The predicted octanol–water partition coefficient (Wildman–Crippen LogP) is 5.97. The first-order chi connectivity index (χ1) is 9.47. The van der Waals surface area contributed by atoms with Crippen LogP contribution >= 0.6 is 51.5 Å². The molecule has 6 heteroatoms. The van der Waals surface area contributed by atoms with Crippen molar-refractivity contribution < 1.29 is 0 Å². The Hall–Kier alpha value is -0.360. The lowest BCUT2D eigenvalue weighted by molar-refractivity contribution is 0.788. The SMILES string of the molecule is CC(C)c1[nH]c(CSc2ccc(Cl)cc2)nc(=S)c1Br. The molecule has 2 nitrogen and oxygen atoms in total. The monoisotopic (exact) mass is 388 g/mol. The number of benzene rings is 1. The number of aromatic amines is 1. The van der Waals surface area contributed by atoms with Crippen LogP contribution in [0.25, 0.3) is 0 Å². The fourth-order valence-electron chi connectivity index (χ4n) is 1.67. The van der Waals surface area contributed by atoms with Gasteiger partial charge in [0.1, 0.15) is 10.5 Å². The second-order valence-corrected chi connectivity index (χ2v) is 7.28. The summed E-state index contributed by atoms with van der Waals surface area (Å²) >= 11 is 16.4. The average Bonchev–Trinajstić information content (AvgIpc) is 2.41. The third kappa shape index (κ3) is 4.07. The molecule has 1 aromatic carbocycles. The van der Waals surface area contributed by atoms with Gasteiger partial charge >= 0.3 is 0 Å². The van der Waals surface area contributed by atoms with Crippen LogP contribution in [-0.4, -0.2) is 9.97 Å². The van der Waals surface area contributed by atoms with Crippen LogP contribution < -0.4 is 0 Å². The minimum absolute atomic E-state index is 0.369. The van der Waals surface area contributed by atoms with Crippen LogP contribution in [0.3, 0.4) is 0 Å². The van der Waals surface area contributed by atoms with E-state index in [4.69, 9.17) is 23.8 Å². The van der Waals surface area contributed by atoms with E-state index in [-0.39, 0.29) is 0 Å². The lowest BCUT2D eigenvalue weighted by Crippen LogP contribution is -2.02. The summed E-state index contributed by atoms with van der Waals surface area (Å²) in [4.78, 5) is 8.93. The van der Waals surface area contributed by atoms with Gasteiger partial charge in [-0.1, -0.05) is 37.7 Å². The highest BCUT2D eigenvalue weighted by atomic mass is 79.9. The maximum atomic E-state index is 5.88. The molecule has 1 aromatic heterocycles. The minimum atomic E-state index is 0.369. The molecular weight excluding hydrogens is 376 g/mol. The molecule has 0 bridgehead atoms. The smallest absolute Gasteiger partial charge is 0.144 e. The van der Waals surface area contributed by atoms with E-state index in [0.29, 0.717) is 10.6 Å². The van der Waals surface area contributed by atoms with Crippen molar-refractivity contribution in [3.05, 3.63) is 49.9 Å². The Morgan fingerprint density at radius 1 is 1.35 bits per heavy atom.